The number of hydrogen-bond acceptors (Lipinski definition) is 3. The maximum Gasteiger partial charge on any atom is 0.158 e. The normalized spacial score (nSPS) is 17.8. The molecule has 1 aromatic rings. The lowest BCUT2D eigenvalue weighted by Crippen LogP contribution is -2.07. The molecule has 3 nitrogen and oxygen atoms in total. The van der Waals surface area contributed by atoms with Gasteiger partial charge >= 0.3 is 0 Å². The summed E-state index contributed by atoms with van der Waals surface area (Å²) in [5.41, 5.74) is 1.07. The quantitative estimate of drug-likeness (QED) is 0.740. The van der Waals surface area contributed by atoms with Crippen LogP contribution in [0.2, 0.25) is 5.15 Å². The number of hydrogen-bond donors (Lipinski definition) is 0. The molecule has 1 heterocycles. The molecule has 0 N–H and O–H groups in total. The van der Waals surface area contributed by atoms with Gasteiger partial charge in [-0.2, -0.15) is 0 Å². The molecular weight excluding hydrogens is 212 g/mol. The third kappa shape index (κ3) is 2.67. The topological polar surface area (TPSA) is 35.0 Å². The molecule has 1 fully saturated rings. The van der Waals surface area contributed by atoms with Gasteiger partial charge in [0.2, 0.25) is 0 Å². The minimum Gasteiger partial charge on any atom is -0.371 e. The second-order valence-electron chi connectivity index (χ2n) is 3.85. The van der Waals surface area contributed by atoms with Crippen molar-refractivity contribution in [1.82, 2.24) is 9.97 Å². The molecule has 0 radical (unpaired) electrons. The summed E-state index contributed by atoms with van der Waals surface area (Å²) < 4.78 is 5.45. The van der Waals surface area contributed by atoms with Gasteiger partial charge in [0.05, 0.1) is 0 Å². The van der Waals surface area contributed by atoms with Crippen molar-refractivity contribution < 1.29 is 4.74 Å². The van der Waals surface area contributed by atoms with Gasteiger partial charge in [-0.25, -0.2) is 9.97 Å². The predicted molar refractivity (Wildman–Crippen MR) is 59.1 cm³/mol. The van der Waals surface area contributed by atoms with Gasteiger partial charge in [-0.15, -0.1) is 0 Å². The predicted octanol–water partition coefficient (Wildman–Crippen LogP) is 3.10. The molecule has 0 saturated heterocycles. The van der Waals surface area contributed by atoms with Crippen LogP contribution in [0.25, 0.3) is 0 Å². The summed E-state index contributed by atoms with van der Waals surface area (Å²) in [6, 6.07) is 1.86. The number of nitrogens with zero attached hydrogens (tertiary/aromatic N) is 2. The molecule has 1 aliphatic carbocycles. The van der Waals surface area contributed by atoms with Crippen LogP contribution in [0.3, 0.4) is 0 Å². The molecule has 15 heavy (non-hydrogen) atoms. The van der Waals surface area contributed by atoms with Gasteiger partial charge in [0, 0.05) is 18.2 Å². The first-order chi connectivity index (χ1) is 7.20. The summed E-state index contributed by atoms with van der Waals surface area (Å²) in [6.45, 7) is 4.57. The van der Waals surface area contributed by atoms with Gasteiger partial charge in [0.1, 0.15) is 11.3 Å². The molecule has 1 aromatic heterocycles. The first kappa shape index (κ1) is 10.8. The standard InChI is InChI=1S/C11H15ClN2O/c1-3-15-7(2)11-13-9(8-4-5-8)6-10(12)14-11/h6-8H,3-5H2,1-2H3. The van der Waals surface area contributed by atoms with Crippen molar-refractivity contribution >= 4 is 11.6 Å². The van der Waals surface area contributed by atoms with Gasteiger partial charge in [-0.1, -0.05) is 11.6 Å². The molecule has 2 rings (SSSR count). The van der Waals surface area contributed by atoms with Gasteiger partial charge in [-0.3, -0.25) is 0 Å². The minimum absolute atomic E-state index is 0.0776. The van der Waals surface area contributed by atoms with E-state index < -0.39 is 0 Å². The SMILES string of the molecule is CCOC(C)c1nc(Cl)cc(C2CC2)n1. The summed E-state index contributed by atoms with van der Waals surface area (Å²) in [5.74, 6) is 1.30. The van der Waals surface area contributed by atoms with Crippen LogP contribution in [0.5, 0.6) is 0 Å². The monoisotopic (exact) mass is 226 g/mol. The van der Waals surface area contributed by atoms with Gasteiger partial charge in [0.25, 0.3) is 0 Å². The van der Waals surface area contributed by atoms with Gasteiger partial charge in [0.15, 0.2) is 5.82 Å². The highest BCUT2D eigenvalue weighted by Crippen LogP contribution is 2.39. The van der Waals surface area contributed by atoms with Crippen LogP contribution in [0, 0.1) is 0 Å². The van der Waals surface area contributed by atoms with Crippen molar-refractivity contribution in [3.8, 4) is 0 Å². The van der Waals surface area contributed by atoms with E-state index in [4.69, 9.17) is 16.3 Å². The van der Waals surface area contributed by atoms with E-state index in [-0.39, 0.29) is 6.10 Å². The van der Waals surface area contributed by atoms with Gasteiger partial charge in [-0.05, 0) is 32.8 Å². The third-order valence-electron chi connectivity index (χ3n) is 2.51. The van der Waals surface area contributed by atoms with Crippen LogP contribution in [-0.2, 0) is 4.74 Å². The van der Waals surface area contributed by atoms with Crippen LogP contribution in [0.4, 0.5) is 0 Å². The Labute approximate surface area is 94.8 Å². The summed E-state index contributed by atoms with van der Waals surface area (Å²) in [7, 11) is 0. The molecule has 0 amide bonds. The Balaban J connectivity index is 2.22. The lowest BCUT2D eigenvalue weighted by atomic mass is 10.2. The average molecular weight is 227 g/mol. The fraction of sp³-hybridized carbons (Fsp3) is 0.636. The van der Waals surface area contributed by atoms with Crippen molar-refractivity contribution in [2.24, 2.45) is 0 Å². The van der Waals surface area contributed by atoms with Crippen molar-refractivity contribution in [3.63, 3.8) is 0 Å². The maximum absolute atomic E-state index is 5.96. The first-order valence-corrected chi connectivity index (χ1v) is 5.74. The summed E-state index contributed by atoms with van der Waals surface area (Å²) in [6.07, 6.45) is 2.36. The zero-order chi connectivity index (χ0) is 10.8. The molecule has 1 saturated carbocycles. The largest absolute Gasteiger partial charge is 0.371 e. The van der Waals surface area contributed by atoms with E-state index >= 15 is 0 Å². The molecule has 0 aromatic carbocycles. The zero-order valence-electron chi connectivity index (χ0n) is 9.03. The Morgan fingerprint density at radius 1 is 1.53 bits per heavy atom. The molecular formula is C11H15ClN2O. The first-order valence-electron chi connectivity index (χ1n) is 5.36. The van der Waals surface area contributed by atoms with E-state index in [9.17, 15) is 0 Å². The van der Waals surface area contributed by atoms with E-state index in [1.165, 1.54) is 12.8 Å². The molecule has 0 spiro atoms. The Kier molecular flexibility index (Phi) is 3.22. The highest BCUT2D eigenvalue weighted by molar-refractivity contribution is 6.29. The lowest BCUT2D eigenvalue weighted by Gasteiger charge is -2.11. The molecule has 1 unspecified atom stereocenters. The van der Waals surface area contributed by atoms with Crippen molar-refractivity contribution in [2.75, 3.05) is 6.61 Å². The average Bonchev–Trinajstić information content (AvgIpc) is 3.00. The Bertz CT molecular complexity index is 352. The Morgan fingerprint density at radius 3 is 2.87 bits per heavy atom. The van der Waals surface area contributed by atoms with E-state index in [2.05, 4.69) is 9.97 Å². The van der Waals surface area contributed by atoms with E-state index in [1.54, 1.807) is 0 Å². The van der Waals surface area contributed by atoms with Crippen molar-refractivity contribution in [1.29, 1.82) is 0 Å². The second kappa shape index (κ2) is 4.45. The Morgan fingerprint density at radius 2 is 2.27 bits per heavy atom. The summed E-state index contributed by atoms with van der Waals surface area (Å²) >= 11 is 5.96. The number of aromatic nitrogens is 2. The molecule has 82 valence electrons. The smallest absolute Gasteiger partial charge is 0.158 e. The minimum atomic E-state index is -0.0776. The third-order valence-corrected chi connectivity index (χ3v) is 2.70. The van der Waals surface area contributed by atoms with E-state index in [1.807, 2.05) is 19.9 Å². The second-order valence-corrected chi connectivity index (χ2v) is 4.23. The molecule has 1 aliphatic rings. The number of ether oxygens (including phenoxy) is 1. The highest BCUT2D eigenvalue weighted by Gasteiger charge is 2.26. The number of halogens is 1. The molecule has 0 aliphatic heterocycles. The van der Waals surface area contributed by atoms with Gasteiger partial charge < -0.3 is 4.74 Å². The van der Waals surface area contributed by atoms with Crippen molar-refractivity contribution in [2.45, 2.75) is 38.7 Å². The van der Waals surface area contributed by atoms with Crippen LogP contribution < -0.4 is 0 Å². The van der Waals surface area contributed by atoms with E-state index in [0.29, 0.717) is 23.5 Å². The van der Waals surface area contributed by atoms with Crippen LogP contribution in [-0.4, -0.2) is 16.6 Å². The fourth-order valence-electron chi connectivity index (χ4n) is 1.55. The van der Waals surface area contributed by atoms with Crippen LogP contribution in [0.15, 0.2) is 6.07 Å². The summed E-state index contributed by atoms with van der Waals surface area (Å²) in [4.78, 5) is 8.69. The lowest BCUT2D eigenvalue weighted by molar-refractivity contribution is 0.0699. The zero-order valence-corrected chi connectivity index (χ0v) is 9.79. The Hall–Kier alpha value is -0.670. The highest BCUT2D eigenvalue weighted by atomic mass is 35.5. The number of rotatable bonds is 4. The van der Waals surface area contributed by atoms with Crippen LogP contribution in [0.1, 0.15) is 50.2 Å². The molecule has 4 heteroatoms. The molecule has 0 bridgehead atoms. The maximum atomic E-state index is 5.96. The summed E-state index contributed by atoms with van der Waals surface area (Å²) in [5, 5.41) is 0.522. The molecule has 1 atom stereocenters. The van der Waals surface area contributed by atoms with Crippen molar-refractivity contribution in [3.05, 3.63) is 22.7 Å². The van der Waals surface area contributed by atoms with E-state index in [0.717, 1.165) is 5.69 Å². The van der Waals surface area contributed by atoms with Crippen LogP contribution >= 0.6 is 11.6 Å². The fourth-order valence-corrected chi connectivity index (χ4v) is 1.75.